The fourth-order valence-electron chi connectivity index (χ4n) is 1.92. The fourth-order valence-corrected chi connectivity index (χ4v) is 1.92. The average molecular weight is 287 g/mol. The minimum Gasteiger partial charge on any atom is -0.370 e. The Labute approximate surface area is 123 Å². The fraction of sp³-hybridized carbons (Fsp3) is 0.250. The molecule has 0 aliphatic heterocycles. The van der Waals surface area contributed by atoms with E-state index < -0.39 is 0 Å². The van der Waals surface area contributed by atoms with Gasteiger partial charge in [0.05, 0.1) is 0 Å². The molecule has 1 amide bonds. The van der Waals surface area contributed by atoms with Crippen LogP contribution in [0.25, 0.3) is 0 Å². The molecule has 1 heterocycles. The van der Waals surface area contributed by atoms with E-state index in [1.54, 1.807) is 30.5 Å². The SMILES string of the molecule is CCNc1cc(C(=O)NCCc2ccc(F)cc2)ccn1. The maximum Gasteiger partial charge on any atom is 0.251 e. The molecule has 0 unspecified atom stereocenters. The summed E-state index contributed by atoms with van der Waals surface area (Å²) in [6.07, 6.45) is 2.27. The lowest BCUT2D eigenvalue weighted by Gasteiger charge is -2.07. The first-order chi connectivity index (χ1) is 10.2. The standard InChI is InChI=1S/C16H18FN3O/c1-2-18-15-11-13(8-10-19-15)16(21)20-9-7-12-3-5-14(17)6-4-12/h3-6,8,10-11H,2,7,9H2,1H3,(H,18,19)(H,20,21). The van der Waals surface area contributed by atoms with Gasteiger partial charge in [0.2, 0.25) is 0 Å². The van der Waals surface area contributed by atoms with E-state index in [1.165, 1.54) is 12.1 Å². The van der Waals surface area contributed by atoms with Crippen LogP contribution in [0.5, 0.6) is 0 Å². The molecule has 21 heavy (non-hydrogen) atoms. The highest BCUT2D eigenvalue weighted by Gasteiger charge is 2.06. The first kappa shape index (κ1) is 15.0. The topological polar surface area (TPSA) is 54.0 Å². The Morgan fingerprint density at radius 1 is 1.24 bits per heavy atom. The number of hydrogen-bond donors (Lipinski definition) is 2. The summed E-state index contributed by atoms with van der Waals surface area (Å²) in [5.41, 5.74) is 1.56. The molecule has 0 spiro atoms. The number of hydrogen-bond acceptors (Lipinski definition) is 3. The molecule has 5 heteroatoms. The van der Waals surface area contributed by atoms with Crippen molar-refractivity contribution in [3.05, 3.63) is 59.5 Å². The molecule has 0 radical (unpaired) electrons. The maximum absolute atomic E-state index is 12.8. The van der Waals surface area contributed by atoms with Crippen LogP contribution in [0.4, 0.5) is 10.2 Å². The third kappa shape index (κ3) is 4.56. The lowest BCUT2D eigenvalue weighted by molar-refractivity contribution is 0.0954. The summed E-state index contributed by atoms with van der Waals surface area (Å²) in [7, 11) is 0. The van der Waals surface area contributed by atoms with Crippen LogP contribution >= 0.6 is 0 Å². The molecule has 2 rings (SSSR count). The van der Waals surface area contributed by atoms with E-state index in [0.29, 0.717) is 24.3 Å². The van der Waals surface area contributed by atoms with Crippen molar-refractivity contribution >= 4 is 11.7 Å². The number of halogens is 1. The molecule has 0 saturated carbocycles. The van der Waals surface area contributed by atoms with Crippen molar-refractivity contribution in [2.75, 3.05) is 18.4 Å². The molecule has 1 aromatic carbocycles. The van der Waals surface area contributed by atoms with Gasteiger partial charge < -0.3 is 10.6 Å². The third-order valence-electron chi connectivity index (χ3n) is 2.99. The summed E-state index contributed by atoms with van der Waals surface area (Å²) in [6, 6.07) is 9.67. The van der Waals surface area contributed by atoms with E-state index in [0.717, 1.165) is 12.1 Å². The zero-order chi connectivity index (χ0) is 15.1. The Morgan fingerprint density at radius 3 is 2.71 bits per heavy atom. The quantitative estimate of drug-likeness (QED) is 0.858. The summed E-state index contributed by atoms with van der Waals surface area (Å²) >= 11 is 0. The number of benzene rings is 1. The van der Waals surface area contributed by atoms with Gasteiger partial charge in [-0.15, -0.1) is 0 Å². The van der Waals surface area contributed by atoms with Gasteiger partial charge in [0.15, 0.2) is 0 Å². The maximum atomic E-state index is 12.8. The van der Waals surface area contributed by atoms with E-state index in [2.05, 4.69) is 15.6 Å². The van der Waals surface area contributed by atoms with Crippen molar-refractivity contribution in [1.29, 1.82) is 0 Å². The van der Waals surface area contributed by atoms with Crippen molar-refractivity contribution in [2.24, 2.45) is 0 Å². The minimum absolute atomic E-state index is 0.140. The van der Waals surface area contributed by atoms with Crippen LogP contribution in [0.15, 0.2) is 42.6 Å². The number of carbonyl (C=O) groups is 1. The van der Waals surface area contributed by atoms with Gasteiger partial charge in [0.25, 0.3) is 5.91 Å². The summed E-state index contributed by atoms with van der Waals surface area (Å²) in [5.74, 6) is 0.290. The van der Waals surface area contributed by atoms with Crippen LogP contribution in [-0.4, -0.2) is 24.0 Å². The van der Waals surface area contributed by atoms with Crippen molar-refractivity contribution < 1.29 is 9.18 Å². The second-order valence-electron chi connectivity index (χ2n) is 4.59. The number of carbonyl (C=O) groups excluding carboxylic acids is 1. The van der Waals surface area contributed by atoms with E-state index in [4.69, 9.17) is 0 Å². The summed E-state index contributed by atoms with van der Waals surface area (Å²) in [6.45, 7) is 3.23. The number of rotatable bonds is 6. The summed E-state index contributed by atoms with van der Waals surface area (Å²) < 4.78 is 12.8. The number of anilines is 1. The normalized spacial score (nSPS) is 10.2. The van der Waals surface area contributed by atoms with Gasteiger partial charge >= 0.3 is 0 Å². The van der Waals surface area contributed by atoms with Crippen LogP contribution in [0.2, 0.25) is 0 Å². The molecule has 0 aliphatic carbocycles. The Bertz CT molecular complexity index is 599. The molecular formula is C16H18FN3O. The Balaban J connectivity index is 1.86. The second-order valence-corrected chi connectivity index (χ2v) is 4.59. The zero-order valence-electron chi connectivity index (χ0n) is 11.9. The highest BCUT2D eigenvalue weighted by molar-refractivity contribution is 5.94. The Hall–Kier alpha value is -2.43. The molecule has 0 atom stereocenters. The van der Waals surface area contributed by atoms with Crippen molar-refractivity contribution in [2.45, 2.75) is 13.3 Å². The first-order valence-electron chi connectivity index (χ1n) is 6.91. The molecule has 2 N–H and O–H groups in total. The number of amides is 1. The van der Waals surface area contributed by atoms with Crippen molar-refractivity contribution in [3.63, 3.8) is 0 Å². The minimum atomic E-state index is -0.254. The Morgan fingerprint density at radius 2 is 2.00 bits per heavy atom. The van der Waals surface area contributed by atoms with Crippen LogP contribution < -0.4 is 10.6 Å². The molecule has 1 aromatic heterocycles. The molecule has 0 fully saturated rings. The van der Waals surface area contributed by atoms with E-state index in [1.807, 2.05) is 6.92 Å². The van der Waals surface area contributed by atoms with Crippen LogP contribution in [0.3, 0.4) is 0 Å². The molecule has 4 nitrogen and oxygen atoms in total. The number of aromatic nitrogens is 1. The number of nitrogens with one attached hydrogen (secondary N) is 2. The first-order valence-corrected chi connectivity index (χ1v) is 6.91. The van der Waals surface area contributed by atoms with Gasteiger partial charge in [-0.3, -0.25) is 4.79 Å². The van der Waals surface area contributed by atoms with Crippen molar-refractivity contribution in [1.82, 2.24) is 10.3 Å². The smallest absolute Gasteiger partial charge is 0.251 e. The van der Waals surface area contributed by atoms with Crippen LogP contribution in [0.1, 0.15) is 22.8 Å². The lowest BCUT2D eigenvalue weighted by Crippen LogP contribution is -2.25. The Kier molecular flexibility index (Phi) is 5.26. The van der Waals surface area contributed by atoms with Gasteiger partial charge in [0, 0.05) is 24.8 Å². The monoisotopic (exact) mass is 287 g/mol. The molecule has 0 saturated heterocycles. The van der Waals surface area contributed by atoms with Crippen LogP contribution in [0, 0.1) is 5.82 Å². The molecular weight excluding hydrogens is 269 g/mol. The molecule has 110 valence electrons. The zero-order valence-corrected chi connectivity index (χ0v) is 11.9. The van der Waals surface area contributed by atoms with E-state index >= 15 is 0 Å². The van der Waals surface area contributed by atoms with Gasteiger partial charge in [-0.2, -0.15) is 0 Å². The molecule has 2 aromatic rings. The van der Waals surface area contributed by atoms with E-state index in [-0.39, 0.29) is 11.7 Å². The van der Waals surface area contributed by atoms with E-state index in [9.17, 15) is 9.18 Å². The summed E-state index contributed by atoms with van der Waals surface area (Å²) in [4.78, 5) is 16.1. The predicted molar refractivity (Wildman–Crippen MR) is 80.8 cm³/mol. The highest BCUT2D eigenvalue weighted by Crippen LogP contribution is 2.07. The predicted octanol–water partition coefficient (Wildman–Crippen LogP) is 2.63. The van der Waals surface area contributed by atoms with Gasteiger partial charge in [-0.05, 0) is 43.2 Å². The highest BCUT2D eigenvalue weighted by atomic mass is 19.1. The second kappa shape index (κ2) is 7.38. The van der Waals surface area contributed by atoms with Gasteiger partial charge in [0.1, 0.15) is 11.6 Å². The largest absolute Gasteiger partial charge is 0.370 e. The van der Waals surface area contributed by atoms with Crippen molar-refractivity contribution in [3.8, 4) is 0 Å². The molecule has 0 aliphatic rings. The van der Waals surface area contributed by atoms with Gasteiger partial charge in [-0.1, -0.05) is 12.1 Å². The third-order valence-corrected chi connectivity index (χ3v) is 2.99. The number of pyridine rings is 1. The van der Waals surface area contributed by atoms with Gasteiger partial charge in [-0.25, -0.2) is 9.37 Å². The summed E-state index contributed by atoms with van der Waals surface area (Å²) in [5, 5.41) is 5.91. The lowest BCUT2D eigenvalue weighted by atomic mass is 10.1. The molecule has 0 bridgehead atoms. The number of nitrogens with zero attached hydrogens (tertiary/aromatic N) is 1. The average Bonchev–Trinajstić information content (AvgIpc) is 2.50. The van der Waals surface area contributed by atoms with Crippen LogP contribution in [-0.2, 0) is 6.42 Å².